The Bertz CT molecular complexity index is 2160. The summed E-state index contributed by atoms with van der Waals surface area (Å²) in [5.41, 5.74) is 5.19. The lowest BCUT2D eigenvalue weighted by molar-refractivity contribution is -0.147. The number of ketones is 1. The molecule has 6 rings (SSSR count). The van der Waals surface area contributed by atoms with Crippen LogP contribution in [0.5, 0.6) is 0 Å². The van der Waals surface area contributed by atoms with Crippen molar-refractivity contribution in [2.24, 2.45) is 0 Å². The van der Waals surface area contributed by atoms with Crippen LogP contribution >= 0.6 is 22.9 Å². The molecule has 298 valence electrons. The third kappa shape index (κ3) is 10.9. The molecule has 2 heterocycles. The zero-order chi connectivity index (χ0) is 40.3. The van der Waals surface area contributed by atoms with Gasteiger partial charge in [0, 0.05) is 60.8 Å². The first-order valence-corrected chi connectivity index (χ1v) is 20.9. The highest BCUT2D eigenvalue weighted by atomic mass is 35.5. The highest BCUT2D eigenvalue weighted by molar-refractivity contribution is 7.17. The summed E-state index contributed by atoms with van der Waals surface area (Å²) < 4.78 is 7.00. The van der Waals surface area contributed by atoms with E-state index in [1.807, 2.05) is 60.7 Å². The average molecular weight is 808 g/mol. The SMILES string of the molecule is CCC(CC)N(CCN(C)C(=O)CCC(=O)OCc1ccccc1)Cc1cccc(C(=O)Nc2sc3c(c2C(=O)c2cnn(-c4ccc(Cl)cc4)c2)CCCC3)c1. The van der Waals surface area contributed by atoms with Crippen molar-refractivity contribution in [1.82, 2.24) is 19.6 Å². The summed E-state index contributed by atoms with van der Waals surface area (Å²) in [5.74, 6) is -0.945. The van der Waals surface area contributed by atoms with E-state index in [1.165, 1.54) is 11.3 Å². The molecule has 0 radical (unpaired) electrons. The predicted molar refractivity (Wildman–Crippen MR) is 225 cm³/mol. The zero-order valence-corrected chi connectivity index (χ0v) is 34.4. The van der Waals surface area contributed by atoms with Gasteiger partial charge in [-0.25, -0.2) is 4.68 Å². The number of likely N-dealkylation sites (N-methyl/N-ethyl adjacent to an activating group) is 1. The number of esters is 1. The molecule has 0 spiro atoms. The Morgan fingerprint density at radius 1 is 0.895 bits per heavy atom. The van der Waals surface area contributed by atoms with Gasteiger partial charge in [0.25, 0.3) is 5.91 Å². The third-order valence-corrected chi connectivity index (χ3v) is 12.0. The largest absolute Gasteiger partial charge is 0.461 e. The summed E-state index contributed by atoms with van der Waals surface area (Å²) in [7, 11) is 1.76. The zero-order valence-electron chi connectivity index (χ0n) is 32.8. The van der Waals surface area contributed by atoms with Crippen LogP contribution in [0.2, 0.25) is 5.02 Å². The molecule has 12 heteroatoms. The van der Waals surface area contributed by atoms with E-state index < -0.39 is 5.97 Å². The summed E-state index contributed by atoms with van der Waals surface area (Å²) >= 11 is 7.57. The molecule has 1 N–H and O–H groups in total. The van der Waals surface area contributed by atoms with Crippen molar-refractivity contribution in [3.63, 3.8) is 0 Å². The Morgan fingerprint density at radius 3 is 2.39 bits per heavy atom. The number of fused-ring (bicyclic) bond motifs is 1. The number of hydrogen-bond acceptors (Lipinski definition) is 8. The Balaban J connectivity index is 1.10. The number of nitrogens with zero attached hydrogens (tertiary/aromatic N) is 4. The summed E-state index contributed by atoms with van der Waals surface area (Å²) in [5, 5.41) is 8.75. The van der Waals surface area contributed by atoms with Gasteiger partial charge in [0.05, 0.1) is 29.4 Å². The Morgan fingerprint density at radius 2 is 1.63 bits per heavy atom. The average Bonchev–Trinajstić information content (AvgIpc) is 3.87. The van der Waals surface area contributed by atoms with Crippen LogP contribution in [-0.2, 0) is 40.3 Å². The number of nitrogens with one attached hydrogen (secondary N) is 1. The Hall–Kier alpha value is -5.10. The summed E-state index contributed by atoms with van der Waals surface area (Å²) in [6.07, 6.45) is 8.97. The van der Waals surface area contributed by atoms with Gasteiger partial charge >= 0.3 is 5.97 Å². The molecule has 0 bridgehead atoms. The van der Waals surface area contributed by atoms with Gasteiger partial charge in [-0.3, -0.25) is 24.1 Å². The highest BCUT2D eigenvalue weighted by Crippen LogP contribution is 2.39. The highest BCUT2D eigenvalue weighted by Gasteiger charge is 2.28. The minimum absolute atomic E-state index is 0.0277. The van der Waals surface area contributed by atoms with Crippen LogP contribution in [0.3, 0.4) is 0 Å². The molecule has 2 aromatic heterocycles. The third-order valence-electron chi connectivity index (χ3n) is 10.5. The van der Waals surface area contributed by atoms with E-state index in [9.17, 15) is 19.2 Å². The van der Waals surface area contributed by atoms with Crippen molar-refractivity contribution >= 4 is 51.5 Å². The smallest absolute Gasteiger partial charge is 0.306 e. The number of anilines is 1. The fraction of sp³-hybridized carbons (Fsp3) is 0.356. The number of aryl methyl sites for hydroxylation is 1. The summed E-state index contributed by atoms with van der Waals surface area (Å²) in [4.78, 5) is 58.5. The van der Waals surface area contributed by atoms with Crippen LogP contribution in [0, 0.1) is 0 Å². The quantitative estimate of drug-likeness (QED) is 0.0695. The van der Waals surface area contributed by atoms with Crippen LogP contribution in [0.25, 0.3) is 5.69 Å². The van der Waals surface area contributed by atoms with E-state index >= 15 is 0 Å². The number of benzene rings is 3. The number of halogens is 1. The maximum atomic E-state index is 14.1. The lowest BCUT2D eigenvalue weighted by atomic mass is 9.92. The monoisotopic (exact) mass is 807 g/mol. The van der Waals surface area contributed by atoms with E-state index in [0.717, 1.165) is 65.8 Å². The maximum absolute atomic E-state index is 14.1. The number of rotatable bonds is 18. The van der Waals surface area contributed by atoms with Gasteiger partial charge in [-0.2, -0.15) is 5.10 Å². The second kappa shape index (κ2) is 19.9. The second-order valence-corrected chi connectivity index (χ2v) is 16.0. The first kappa shape index (κ1) is 41.5. The van der Waals surface area contributed by atoms with Gasteiger partial charge in [0.2, 0.25) is 5.91 Å². The van der Waals surface area contributed by atoms with Crippen molar-refractivity contribution in [3.05, 3.63) is 135 Å². The van der Waals surface area contributed by atoms with Crippen molar-refractivity contribution in [2.45, 2.75) is 84.4 Å². The number of thiophene rings is 1. The summed E-state index contributed by atoms with van der Waals surface area (Å²) in [6.45, 7) is 6.21. The molecule has 0 unspecified atom stereocenters. The van der Waals surface area contributed by atoms with E-state index in [-0.39, 0.29) is 43.1 Å². The molecule has 0 aliphatic heterocycles. The first-order valence-electron chi connectivity index (χ1n) is 19.7. The van der Waals surface area contributed by atoms with E-state index in [2.05, 4.69) is 29.2 Å². The fourth-order valence-electron chi connectivity index (χ4n) is 7.24. The Labute approximate surface area is 343 Å². The van der Waals surface area contributed by atoms with Crippen molar-refractivity contribution < 1.29 is 23.9 Å². The van der Waals surface area contributed by atoms with Gasteiger partial charge in [-0.05, 0) is 91.6 Å². The maximum Gasteiger partial charge on any atom is 0.306 e. The molecule has 1 aliphatic rings. The number of ether oxygens (including phenoxy) is 1. The molecule has 1 aliphatic carbocycles. The van der Waals surface area contributed by atoms with Gasteiger partial charge in [0.1, 0.15) is 11.6 Å². The van der Waals surface area contributed by atoms with Gasteiger partial charge < -0.3 is 15.0 Å². The second-order valence-electron chi connectivity index (χ2n) is 14.5. The molecule has 5 aromatic rings. The molecular weight excluding hydrogens is 758 g/mol. The van der Waals surface area contributed by atoms with Crippen molar-refractivity contribution in [1.29, 1.82) is 0 Å². The van der Waals surface area contributed by atoms with E-state index in [1.54, 1.807) is 47.2 Å². The minimum atomic E-state index is -0.396. The number of carbonyl (C=O) groups is 4. The lowest BCUT2D eigenvalue weighted by Crippen LogP contribution is -2.41. The predicted octanol–water partition coefficient (Wildman–Crippen LogP) is 8.92. The topological polar surface area (TPSA) is 114 Å². The van der Waals surface area contributed by atoms with Gasteiger partial charge in [0.15, 0.2) is 5.78 Å². The number of carbonyl (C=O) groups excluding carboxylic acids is 4. The lowest BCUT2D eigenvalue weighted by Gasteiger charge is -2.32. The molecule has 0 fully saturated rings. The molecular formula is C45H50ClN5O5S. The molecule has 57 heavy (non-hydrogen) atoms. The fourth-order valence-corrected chi connectivity index (χ4v) is 8.65. The van der Waals surface area contributed by atoms with Crippen LogP contribution in [-0.4, -0.2) is 69.3 Å². The number of aromatic nitrogens is 2. The normalized spacial score (nSPS) is 12.4. The molecule has 0 saturated carbocycles. The molecule has 3 aromatic carbocycles. The first-order chi connectivity index (χ1) is 27.6. The molecule has 2 amide bonds. The number of hydrogen-bond donors (Lipinski definition) is 1. The molecule has 0 atom stereocenters. The Kier molecular flexibility index (Phi) is 14.5. The van der Waals surface area contributed by atoms with Crippen LogP contribution in [0.1, 0.15) is 100 Å². The van der Waals surface area contributed by atoms with E-state index in [4.69, 9.17) is 16.3 Å². The van der Waals surface area contributed by atoms with Gasteiger partial charge in [-0.1, -0.05) is 67.9 Å². The minimum Gasteiger partial charge on any atom is -0.461 e. The molecule has 10 nitrogen and oxygen atoms in total. The van der Waals surface area contributed by atoms with Crippen molar-refractivity contribution in [3.8, 4) is 5.69 Å². The van der Waals surface area contributed by atoms with Crippen LogP contribution in [0.4, 0.5) is 5.00 Å². The standard InChI is InChI=1S/C45H50ClN5O5S/c1-4-36(5-2)50(25-24-49(3)40(52)22-23-41(53)56-30-31-12-7-6-8-13-31)28-32-14-11-15-33(26-32)44(55)48-45-42(38-16-9-10-17-39(38)57-45)43(54)34-27-47-51(29-34)37-20-18-35(46)19-21-37/h6-8,11-15,18-21,26-27,29,36H,4-5,9-10,16-17,22-25,28,30H2,1-3H3,(H,48,55). The van der Waals surface area contributed by atoms with Crippen molar-refractivity contribution in [2.75, 3.05) is 25.5 Å². The number of amides is 2. The summed E-state index contributed by atoms with van der Waals surface area (Å²) in [6, 6.07) is 24.6. The van der Waals surface area contributed by atoms with Gasteiger partial charge in [-0.15, -0.1) is 11.3 Å². The van der Waals surface area contributed by atoms with Crippen LogP contribution in [0.15, 0.2) is 91.3 Å². The van der Waals surface area contributed by atoms with E-state index in [0.29, 0.717) is 46.3 Å². The molecule has 0 saturated heterocycles. The van der Waals surface area contributed by atoms with Crippen LogP contribution < -0.4 is 5.32 Å².